The molecule has 0 N–H and O–H groups in total. The van der Waals surface area contributed by atoms with Gasteiger partial charge in [0.1, 0.15) is 28.4 Å². The standard InChI is InChI=1S/C39H29N5O/c1-22-16-23(2)36(24(3)17-22)35-20-41-38-32-18-26(12-14-29(32)31-9-7-15-40-37(31)44(35)38)45-27-11-13-28-30-8-5-6-10-34(30)43-21-25(4)42-39(43)33(28)19-27/h5-21H,1-4H3. The molecule has 0 spiro atoms. The molecule has 0 aliphatic carbocycles. The van der Waals surface area contributed by atoms with Crippen LogP contribution in [0, 0.1) is 27.7 Å². The minimum atomic E-state index is 0.746. The van der Waals surface area contributed by atoms with Gasteiger partial charge in [-0.15, -0.1) is 0 Å². The summed E-state index contributed by atoms with van der Waals surface area (Å²) in [7, 11) is 0. The highest BCUT2D eigenvalue weighted by molar-refractivity contribution is 6.13. The highest BCUT2D eigenvalue weighted by Gasteiger charge is 2.19. The van der Waals surface area contributed by atoms with Crippen molar-refractivity contribution in [1.82, 2.24) is 23.8 Å². The summed E-state index contributed by atoms with van der Waals surface area (Å²) < 4.78 is 11.0. The van der Waals surface area contributed by atoms with Crippen LogP contribution in [0.5, 0.6) is 11.5 Å². The zero-order valence-corrected chi connectivity index (χ0v) is 25.5. The Morgan fingerprint density at radius 1 is 0.600 bits per heavy atom. The first-order valence-corrected chi connectivity index (χ1v) is 15.2. The molecule has 0 amide bonds. The van der Waals surface area contributed by atoms with E-state index in [2.05, 4.69) is 102 Å². The number of ether oxygens (including phenoxy) is 1. The Balaban J connectivity index is 1.24. The van der Waals surface area contributed by atoms with Crippen molar-refractivity contribution < 1.29 is 4.74 Å². The molecule has 0 radical (unpaired) electrons. The van der Waals surface area contributed by atoms with Crippen molar-refractivity contribution in [3.63, 3.8) is 0 Å². The predicted molar refractivity (Wildman–Crippen MR) is 183 cm³/mol. The Morgan fingerprint density at radius 3 is 2.04 bits per heavy atom. The van der Waals surface area contributed by atoms with E-state index in [0.29, 0.717) is 0 Å². The lowest BCUT2D eigenvalue weighted by Crippen LogP contribution is -1.98. The molecule has 6 heteroatoms. The first-order chi connectivity index (χ1) is 21.9. The first kappa shape index (κ1) is 25.7. The third-order valence-electron chi connectivity index (χ3n) is 8.96. The summed E-state index contributed by atoms with van der Waals surface area (Å²) in [5.41, 5.74) is 10.7. The normalized spacial score (nSPS) is 12.0. The van der Waals surface area contributed by atoms with Crippen molar-refractivity contribution in [1.29, 1.82) is 0 Å². The van der Waals surface area contributed by atoms with Crippen LogP contribution in [0.1, 0.15) is 22.4 Å². The third kappa shape index (κ3) is 3.78. The SMILES string of the molecule is Cc1cc(C)c(-c2cnc3c4cc(Oc5ccc6c7ccccc7n7cc(C)nc7c6c5)ccc4c4cccnc4n23)c(C)c1. The summed E-state index contributed by atoms with van der Waals surface area (Å²) in [6, 6.07) is 29.6. The largest absolute Gasteiger partial charge is 0.457 e. The van der Waals surface area contributed by atoms with Gasteiger partial charge in [-0.1, -0.05) is 35.9 Å². The molecule has 5 aromatic heterocycles. The Hall–Kier alpha value is -5.75. The molecule has 0 atom stereocenters. The number of aryl methyl sites for hydroxylation is 4. The number of para-hydroxylation sites is 1. The van der Waals surface area contributed by atoms with Crippen LogP contribution in [-0.2, 0) is 0 Å². The Morgan fingerprint density at radius 2 is 1.27 bits per heavy atom. The Bertz CT molecular complexity index is 2660. The van der Waals surface area contributed by atoms with Crippen molar-refractivity contribution in [2.45, 2.75) is 27.7 Å². The van der Waals surface area contributed by atoms with E-state index < -0.39 is 0 Å². The number of hydrogen-bond acceptors (Lipinski definition) is 4. The lowest BCUT2D eigenvalue weighted by molar-refractivity contribution is 0.484. The minimum Gasteiger partial charge on any atom is -0.457 e. The maximum absolute atomic E-state index is 6.58. The number of benzene rings is 4. The molecule has 45 heavy (non-hydrogen) atoms. The average Bonchev–Trinajstić information content (AvgIpc) is 3.65. The van der Waals surface area contributed by atoms with Gasteiger partial charge in [-0.3, -0.25) is 8.80 Å². The van der Waals surface area contributed by atoms with Gasteiger partial charge in [-0.25, -0.2) is 15.0 Å². The molecule has 0 saturated carbocycles. The molecule has 0 unspecified atom stereocenters. The van der Waals surface area contributed by atoms with Gasteiger partial charge < -0.3 is 4.74 Å². The molecule has 216 valence electrons. The van der Waals surface area contributed by atoms with Crippen LogP contribution in [0.4, 0.5) is 0 Å². The van der Waals surface area contributed by atoms with Crippen molar-refractivity contribution in [2.24, 2.45) is 0 Å². The number of imidazole rings is 2. The van der Waals surface area contributed by atoms with E-state index >= 15 is 0 Å². The summed E-state index contributed by atoms with van der Waals surface area (Å²) in [4.78, 5) is 14.7. The van der Waals surface area contributed by atoms with Crippen LogP contribution in [-0.4, -0.2) is 23.8 Å². The van der Waals surface area contributed by atoms with E-state index in [1.54, 1.807) is 0 Å². The smallest absolute Gasteiger partial charge is 0.146 e. The summed E-state index contributed by atoms with van der Waals surface area (Å²) in [5.74, 6) is 1.50. The number of pyridine rings is 3. The van der Waals surface area contributed by atoms with Gasteiger partial charge in [-0.05, 0) is 104 Å². The minimum absolute atomic E-state index is 0.746. The van der Waals surface area contributed by atoms with E-state index in [4.69, 9.17) is 19.7 Å². The van der Waals surface area contributed by atoms with Crippen molar-refractivity contribution in [2.75, 3.05) is 0 Å². The van der Waals surface area contributed by atoms with E-state index in [9.17, 15) is 0 Å². The summed E-state index contributed by atoms with van der Waals surface area (Å²) in [5, 5.41) is 6.57. The van der Waals surface area contributed by atoms with Crippen LogP contribution in [0.15, 0.2) is 104 Å². The van der Waals surface area contributed by atoms with Gasteiger partial charge in [0.25, 0.3) is 0 Å². The molecule has 0 fully saturated rings. The predicted octanol–water partition coefficient (Wildman–Crippen LogP) is 9.68. The topological polar surface area (TPSA) is 56.7 Å². The number of nitrogens with zero attached hydrogens (tertiary/aromatic N) is 5. The van der Waals surface area contributed by atoms with E-state index in [1.165, 1.54) is 27.6 Å². The zero-order valence-electron chi connectivity index (χ0n) is 25.5. The number of aromatic nitrogens is 5. The fourth-order valence-corrected chi connectivity index (χ4v) is 7.23. The molecule has 4 aromatic carbocycles. The van der Waals surface area contributed by atoms with Crippen LogP contribution >= 0.6 is 0 Å². The summed E-state index contributed by atoms with van der Waals surface area (Å²) >= 11 is 0. The lowest BCUT2D eigenvalue weighted by Gasteiger charge is -2.14. The first-order valence-electron chi connectivity index (χ1n) is 15.2. The van der Waals surface area contributed by atoms with Gasteiger partial charge in [0.05, 0.1) is 23.1 Å². The second-order valence-electron chi connectivity index (χ2n) is 12.1. The van der Waals surface area contributed by atoms with Crippen LogP contribution in [0.25, 0.3) is 66.0 Å². The fraction of sp³-hybridized carbons (Fsp3) is 0.103. The van der Waals surface area contributed by atoms with Crippen molar-refractivity contribution >= 4 is 54.8 Å². The zero-order chi connectivity index (χ0) is 30.4. The molecule has 0 aliphatic rings. The summed E-state index contributed by atoms with van der Waals surface area (Å²) in [6.45, 7) is 8.51. The number of hydrogen-bond donors (Lipinski definition) is 0. The lowest BCUT2D eigenvalue weighted by atomic mass is 9.97. The fourth-order valence-electron chi connectivity index (χ4n) is 7.23. The van der Waals surface area contributed by atoms with E-state index in [0.717, 1.165) is 72.3 Å². The quantitative estimate of drug-likeness (QED) is 0.194. The maximum Gasteiger partial charge on any atom is 0.146 e. The third-order valence-corrected chi connectivity index (χ3v) is 8.96. The molecule has 5 heterocycles. The number of fused-ring (bicyclic) bond motifs is 12. The van der Waals surface area contributed by atoms with Crippen LogP contribution in [0.2, 0.25) is 0 Å². The van der Waals surface area contributed by atoms with Gasteiger partial charge in [-0.2, -0.15) is 0 Å². The van der Waals surface area contributed by atoms with Gasteiger partial charge in [0.15, 0.2) is 0 Å². The molecule has 0 aliphatic heterocycles. The van der Waals surface area contributed by atoms with Gasteiger partial charge >= 0.3 is 0 Å². The number of rotatable bonds is 3. The monoisotopic (exact) mass is 583 g/mol. The van der Waals surface area contributed by atoms with Crippen molar-refractivity contribution in [3.05, 3.63) is 126 Å². The second-order valence-corrected chi connectivity index (χ2v) is 12.1. The van der Waals surface area contributed by atoms with Gasteiger partial charge in [0.2, 0.25) is 0 Å². The average molecular weight is 584 g/mol. The van der Waals surface area contributed by atoms with Crippen LogP contribution in [0.3, 0.4) is 0 Å². The van der Waals surface area contributed by atoms with E-state index in [-0.39, 0.29) is 0 Å². The van der Waals surface area contributed by atoms with Crippen LogP contribution < -0.4 is 4.74 Å². The molecule has 0 saturated heterocycles. The van der Waals surface area contributed by atoms with E-state index in [1.807, 2.05) is 37.5 Å². The van der Waals surface area contributed by atoms with Gasteiger partial charge in [0, 0.05) is 39.5 Å². The molecule has 9 aromatic rings. The molecule has 6 nitrogen and oxygen atoms in total. The highest BCUT2D eigenvalue weighted by Crippen LogP contribution is 2.38. The molecular weight excluding hydrogens is 554 g/mol. The van der Waals surface area contributed by atoms with Crippen molar-refractivity contribution in [3.8, 4) is 22.8 Å². The Kier molecular flexibility index (Phi) is 5.36. The Labute approximate surface area is 259 Å². The molecule has 9 rings (SSSR count). The molecule has 0 bridgehead atoms. The second kappa shape index (κ2) is 9.37. The maximum atomic E-state index is 6.58. The summed E-state index contributed by atoms with van der Waals surface area (Å²) in [6.07, 6.45) is 5.92. The highest BCUT2D eigenvalue weighted by atomic mass is 16.5. The molecular formula is C39H29N5O.